The minimum atomic E-state index is -0.916. The summed E-state index contributed by atoms with van der Waals surface area (Å²) in [6.45, 7) is 2.42. The van der Waals surface area contributed by atoms with Crippen LogP contribution in [0.25, 0.3) is 0 Å². The Hall–Kier alpha value is -3.54. The number of esters is 1. The van der Waals surface area contributed by atoms with E-state index in [0.717, 1.165) is 18.0 Å². The topological polar surface area (TPSA) is 133 Å². The number of benzene rings is 1. The third kappa shape index (κ3) is 4.22. The Morgan fingerprint density at radius 1 is 1.27 bits per heavy atom. The zero-order valence-electron chi connectivity index (χ0n) is 16.0. The number of amides is 1. The molecular weight excluding hydrogens is 464 g/mol. The third-order valence-electron chi connectivity index (χ3n) is 3.92. The highest BCUT2D eigenvalue weighted by atomic mass is 79.9. The number of halogens is 1. The largest absolute Gasteiger partial charge is 0.493 e. The first-order valence-corrected chi connectivity index (χ1v) is 9.21. The van der Waals surface area contributed by atoms with Crippen molar-refractivity contribution in [1.82, 2.24) is 9.99 Å². The zero-order chi connectivity index (χ0) is 22.0. The molecule has 1 atom stereocenters. The van der Waals surface area contributed by atoms with Crippen molar-refractivity contribution in [3.63, 3.8) is 0 Å². The summed E-state index contributed by atoms with van der Waals surface area (Å²) in [4.78, 5) is 38.3. The fourth-order valence-electron chi connectivity index (χ4n) is 2.71. The van der Waals surface area contributed by atoms with E-state index in [4.69, 9.17) is 14.2 Å². The number of nitro groups is 1. The number of methoxy groups -OCH3 is 1. The van der Waals surface area contributed by atoms with Gasteiger partial charge in [0, 0.05) is 47.9 Å². The normalized spacial score (nSPS) is 15.3. The molecule has 3 rings (SSSR count). The number of hydrogen-bond donors (Lipinski definition) is 0. The molecule has 1 aromatic carbocycles. The number of carbonyl (C=O) groups excluding carboxylic acids is 2. The summed E-state index contributed by atoms with van der Waals surface area (Å²) in [5.41, 5.74) is 0.176. The number of hydrogen-bond acceptors (Lipinski definition) is 9. The minimum Gasteiger partial charge on any atom is -0.493 e. The van der Waals surface area contributed by atoms with E-state index in [1.54, 1.807) is 12.3 Å². The lowest BCUT2D eigenvalue weighted by Gasteiger charge is -2.19. The highest BCUT2D eigenvalue weighted by Gasteiger charge is 2.35. The minimum absolute atomic E-state index is 0.0500. The maximum absolute atomic E-state index is 12.1. The van der Waals surface area contributed by atoms with Gasteiger partial charge in [0.05, 0.1) is 12.0 Å². The number of nitrogens with zero attached hydrogens (tertiary/aromatic N) is 4. The van der Waals surface area contributed by atoms with Crippen LogP contribution in [0.3, 0.4) is 0 Å². The van der Waals surface area contributed by atoms with Crippen LogP contribution in [0.5, 0.6) is 11.5 Å². The molecule has 0 aliphatic carbocycles. The summed E-state index contributed by atoms with van der Waals surface area (Å²) in [7, 11) is 1.27. The smallest absolute Gasteiger partial charge is 0.316 e. The first kappa shape index (κ1) is 21.2. The van der Waals surface area contributed by atoms with Gasteiger partial charge in [0.1, 0.15) is 0 Å². The van der Waals surface area contributed by atoms with Crippen molar-refractivity contribution in [2.75, 3.05) is 7.11 Å². The van der Waals surface area contributed by atoms with Gasteiger partial charge in [0.25, 0.3) is 0 Å². The van der Waals surface area contributed by atoms with Crippen molar-refractivity contribution in [1.29, 1.82) is 0 Å². The summed E-state index contributed by atoms with van der Waals surface area (Å²) in [6, 6.07) is 4.20. The van der Waals surface area contributed by atoms with E-state index in [2.05, 4.69) is 26.0 Å². The van der Waals surface area contributed by atoms with Crippen LogP contribution in [-0.4, -0.2) is 39.8 Å². The molecule has 0 fully saturated rings. The molecule has 0 saturated carbocycles. The second kappa shape index (κ2) is 8.45. The summed E-state index contributed by atoms with van der Waals surface area (Å²) in [5, 5.41) is 16.8. The van der Waals surface area contributed by atoms with E-state index in [1.165, 1.54) is 26.3 Å². The molecule has 1 amide bonds. The fraction of sp³-hybridized carbons (Fsp3) is 0.222. The van der Waals surface area contributed by atoms with Crippen LogP contribution in [0.15, 0.2) is 40.2 Å². The Morgan fingerprint density at radius 3 is 2.57 bits per heavy atom. The van der Waals surface area contributed by atoms with Crippen LogP contribution in [-0.2, 0) is 14.3 Å². The molecule has 30 heavy (non-hydrogen) atoms. The first-order chi connectivity index (χ1) is 14.2. The summed E-state index contributed by atoms with van der Waals surface area (Å²) in [5.74, 6) is -1.61. The zero-order valence-corrected chi connectivity index (χ0v) is 17.6. The van der Waals surface area contributed by atoms with Crippen LogP contribution >= 0.6 is 15.9 Å². The lowest BCUT2D eigenvalue weighted by Crippen LogP contribution is -2.25. The highest BCUT2D eigenvalue weighted by molar-refractivity contribution is 9.10. The van der Waals surface area contributed by atoms with Crippen LogP contribution < -0.4 is 9.47 Å². The maximum Gasteiger partial charge on any atom is 0.316 e. The number of ether oxygens (including phenoxy) is 3. The quantitative estimate of drug-likeness (QED) is 0.277. The molecule has 0 saturated heterocycles. The van der Waals surface area contributed by atoms with E-state index in [-0.39, 0.29) is 23.0 Å². The van der Waals surface area contributed by atoms with Gasteiger partial charge in [-0.25, -0.2) is 0 Å². The van der Waals surface area contributed by atoms with Crippen LogP contribution in [0.4, 0.5) is 5.69 Å². The van der Waals surface area contributed by atoms with Gasteiger partial charge in [-0.3, -0.25) is 24.7 Å². The molecule has 1 unspecified atom stereocenters. The van der Waals surface area contributed by atoms with Gasteiger partial charge in [0.2, 0.25) is 23.8 Å². The van der Waals surface area contributed by atoms with E-state index in [1.807, 2.05) is 0 Å². The standard InChI is InChI=1S/C18H15BrN4O7/c1-9(24)22-18(12-4-13(19)8-20-7-12)30-17(21-22)11-5-14(23(26)27)16(29-10(2)25)15(6-11)28-3/h4-8,18H,1-3H3. The molecule has 2 aromatic rings. The molecular formula is C18H15BrN4O7. The van der Waals surface area contributed by atoms with Crippen molar-refractivity contribution >= 4 is 39.4 Å². The summed E-state index contributed by atoms with van der Waals surface area (Å²) >= 11 is 3.31. The number of pyridine rings is 1. The molecule has 156 valence electrons. The van der Waals surface area contributed by atoms with Crippen LogP contribution in [0.2, 0.25) is 0 Å². The lowest BCUT2D eigenvalue weighted by atomic mass is 10.1. The van der Waals surface area contributed by atoms with Gasteiger partial charge in [-0.05, 0) is 28.1 Å². The van der Waals surface area contributed by atoms with Gasteiger partial charge in [-0.2, -0.15) is 5.01 Å². The van der Waals surface area contributed by atoms with Gasteiger partial charge >= 0.3 is 11.7 Å². The van der Waals surface area contributed by atoms with E-state index < -0.39 is 28.7 Å². The highest BCUT2D eigenvalue weighted by Crippen LogP contribution is 2.40. The van der Waals surface area contributed by atoms with E-state index >= 15 is 0 Å². The Bertz CT molecular complexity index is 1070. The molecule has 0 spiro atoms. The average Bonchev–Trinajstić information content (AvgIpc) is 3.13. The van der Waals surface area contributed by atoms with Crippen LogP contribution in [0, 0.1) is 10.1 Å². The SMILES string of the molecule is COc1cc(C2=NN(C(C)=O)C(c3cncc(Br)c3)O2)cc([N+](=O)[O-])c1OC(C)=O. The van der Waals surface area contributed by atoms with Crippen molar-refractivity contribution in [3.05, 3.63) is 56.3 Å². The molecule has 1 aliphatic heterocycles. The molecule has 2 heterocycles. The van der Waals surface area contributed by atoms with Crippen molar-refractivity contribution in [2.45, 2.75) is 20.1 Å². The Kier molecular flexibility index (Phi) is 5.96. The number of hydrazone groups is 1. The van der Waals surface area contributed by atoms with Crippen molar-refractivity contribution in [2.24, 2.45) is 5.10 Å². The molecule has 1 aromatic heterocycles. The lowest BCUT2D eigenvalue weighted by molar-refractivity contribution is -0.385. The summed E-state index contributed by atoms with van der Waals surface area (Å²) in [6.07, 6.45) is 2.16. The number of nitro benzene ring substituents is 1. The predicted octanol–water partition coefficient (Wildman–Crippen LogP) is 2.93. The number of rotatable bonds is 5. The molecule has 0 radical (unpaired) electrons. The molecule has 1 aliphatic rings. The number of carbonyl (C=O) groups is 2. The molecule has 12 heteroatoms. The van der Waals surface area contributed by atoms with Crippen LogP contribution in [0.1, 0.15) is 31.2 Å². The van der Waals surface area contributed by atoms with Gasteiger partial charge < -0.3 is 14.2 Å². The maximum atomic E-state index is 12.1. The van der Waals surface area contributed by atoms with E-state index in [9.17, 15) is 19.7 Å². The Labute approximate surface area is 178 Å². The van der Waals surface area contributed by atoms with Gasteiger partial charge in [0.15, 0.2) is 5.75 Å². The van der Waals surface area contributed by atoms with Crippen molar-refractivity contribution < 1.29 is 28.7 Å². The van der Waals surface area contributed by atoms with Gasteiger partial charge in [-0.1, -0.05) is 0 Å². The monoisotopic (exact) mass is 478 g/mol. The Balaban J connectivity index is 2.07. The molecule has 0 N–H and O–H groups in total. The van der Waals surface area contributed by atoms with Gasteiger partial charge in [-0.15, -0.1) is 5.10 Å². The second-order valence-corrected chi connectivity index (χ2v) is 6.97. The molecule has 0 bridgehead atoms. The predicted molar refractivity (Wildman–Crippen MR) is 106 cm³/mol. The fourth-order valence-corrected chi connectivity index (χ4v) is 3.09. The summed E-state index contributed by atoms with van der Waals surface area (Å²) < 4.78 is 16.6. The van der Waals surface area contributed by atoms with Crippen molar-refractivity contribution in [3.8, 4) is 11.5 Å². The average molecular weight is 479 g/mol. The number of aromatic nitrogens is 1. The third-order valence-corrected chi connectivity index (χ3v) is 4.36. The van der Waals surface area contributed by atoms with E-state index in [0.29, 0.717) is 10.0 Å². The second-order valence-electron chi connectivity index (χ2n) is 6.05. The first-order valence-electron chi connectivity index (χ1n) is 8.42. The molecule has 11 nitrogen and oxygen atoms in total. The Morgan fingerprint density at radius 2 is 2.00 bits per heavy atom.